The fraction of sp³-hybridized carbons (Fsp3) is 0.333. The number of anilines is 1. The Kier molecular flexibility index (Phi) is 2.89. The molecule has 2 aromatic rings. The first-order valence-corrected chi connectivity index (χ1v) is 6.86. The van der Waals surface area contributed by atoms with E-state index in [1.807, 2.05) is 13.0 Å². The molecule has 0 bridgehead atoms. The summed E-state index contributed by atoms with van der Waals surface area (Å²) in [5.41, 5.74) is 7.75. The van der Waals surface area contributed by atoms with Crippen LogP contribution < -0.4 is 5.73 Å². The highest BCUT2D eigenvalue weighted by atomic mass is 127. The standard InChI is InChI=1S/C12H12IN5/c1-6-15-5-4-8(16-6)12-17-10(7-2-3-7)9(13)11(14)18-12/h4-5,7H,2-3H2,1H3,(H2,14,17,18). The zero-order chi connectivity index (χ0) is 12.7. The number of nitrogens with zero attached hydrogens (tertiary/aromatic N) is 4. The highest BCUT2D eigenvalue weighted by molar-refractivity contribution is 14.1. The summed E-state index contributed by atoms with van der Waals surface area (Å²) in [4.78, 5) is 17.4. The Labute approximate surface area is 118 Å². The molecule has 18 heavy (non-hydrogen) atoms. The van der Waals surface area contributed by atoms with Crippen molar-refractivity contribution in [3.63, 3.8) is 0 Å². The van der Waals surface area contributed by atoms with Crippen LogP contribution in [0, 0.1) is 10.5 Å². The molecule has 0 aromatic carbocycles. The lowest BCUT2D eigenvalue weighted by Gasteiger charge is -2.08. The average molecular weight is 353 g/mol. The van der Waals surface area contributed by atoms with Crippen LogP contribution in [0.4, 0.5) is 5.82 Å². The van der Waals surface area contributed by atoms with E-state index in [0.29, 0.717) is 23.4 Å². The summed E-state index contributed by atoms with van der Waals surface area (Å²) in [6.07, 6.45) is 4.09. The molecule has 0 radical (unpaired) electrons. The van der Waals surface area contributed by atoms with Gasteiger partial charge in [0.2, 0.25) is 0 Å². The number of rotatable bonds is 2. The Morgan fingerprint density at radius 3 is 2.72 bits per heavy atom. The fourth-order valence-corrected chi connectivity index (χ4v) is 2.49. The van der Waals surface area contributed by atoms with E-state index in [9.17, 15) is 0 Å². The lowest BCUT2D eigenvalue weighted by atomic mass is 10.2. The van der Waals surface area contributed by atoms with Gasteiger partial charge in [0.15, 0.2) is 5.82 Å². The normalized spacial score (nSPS) is 14.8. The van der Waals surface area contributed by atoms with Gasteiger partial charge < -0.3 is 5.73 Å². The molecule has 0 spiro atoms. The first-order chi connectivity index (χ1) is 8.65. The highest BCUT2D eigenvalue weighted by Crippen LogP contribution is 2.42. The topological polar surface area (TPSA) is 77.6 Å². The highest BCUT2D eigenvalue weighted by Gasteiger charge is 2.29. The third-order valence-corrected chi connectivity index (χ3v) is 3.98. The summed E-state index contributed by atoms with van der Waals surface area (Å²) in [7, 11) is 0. The third-order valence-electron chi connectivity index (χ3n) is 2.87. The summed E-state index contributed by atoms with van der Waals surface area (Å²) in [5, 5.41) is 0. The maximum absolute atomic E-state index is 5.96. The van der Waals surface area contributed by atoms with Crippen LogP contribution in [0.5, 0.6) is 0 Å². The molecule has 0 aliphatic heterocycles. The second-order valence-corrected chi connectivity index (χ2v) is 5.47. The molecule has 6 heteroatoms. The Morgan fingerprint density at radius 2 is 2.06 bits per heavy atom. The SMILES string of the molecule is Cc1nccc(-c2nc(N)c(I)c(C3CC3)n2)n1. The number of halogens is 1. The van der Waals surface area contributed by atoms with Crippen molar-refractivity contribution in [1.82, 2.24) is 19.9 Å². The van der Waals surface area contributed by atoms with Crippen molar-refractivity contribution in [3.05, 3.63) is 27.4 Å². The summed E-state index contributed by atoms with van der Waals surface area (Å²) in [6.45, 7) is 1.85. The molecule has 1 fully saturated rings. The number of hydrogen-bond donors (Lipinski definition) is 1. The van der Waals surface area contributed by atoms with Crippen molar-refractivity contribution in [2.24, 2.45) is 0 Å². The maximum atomic E-state index is 5.96. The summed E-state index contributed by atoms with van der Waals surface area (Å²) < 4.78 is 0.977. The first kappa shape index (κ1) is 11.8. The zero-order valence-electron chi connectivity index (χ0n) is 9.89. The summed E-state index contributed by atoms with van der Waals surface area (Å²) in [6, 6.07) is 1.81. The number of nitrogens with two attached hydrogens (primary N) is 1. The van der Waals surface area contributed by atoms with Gasteiger partial charge in [-0.3, -0.25) is 0 Å². The van der Waals surface area contributed by atoms with E-state index in [1.165, 1.54) is 12.8 Å². The van der Waals surface area contributed by atoms with Crippen molar-refractivity contribution < 1.29 is 0 Å². The molecule has 2 heterocycles. The molecule has 0 saturated heterocycles. The molecule has 2 aromatic heterocycles. The van der Waals surface area contributed by atoms with Gasteiger partial charge in [0, 0.05) is 12.1 Å². The third kappa shape index (κ3) is 2.16. The number of aryl methyl sites for hydroxylation is 1. The van der Waals surface area contributed by atoms with E-state index < -0.39 is 0 Å². The monoisotopic (exact) mass is 353 g/mol. The molecule has 0 unspecified atom stereocenters. The van der Waals surface area contributed by atoms with Gasteiger partial charge >= 0.3 is 0 Å². The molecular weight excluding hydrogens is 341 g/mol. The molecule has 2 N–H and O–H groups in total. The Balaban J connectivity index is 2.12. The molecule has 0 atom stereocenters. The molecule has 3 rings (SSSR count). The molecular formula is C12H12IN5. The van der Waals surface area contributed by atoms with Crippen LogP contribution in [-0.2, 0) is 0 Å². The Hall–Kier alpha value is -1.31. The quantitative estimate of drug-likeness (QED) is 0.839. The van der Waals surface area contributed by atoms with Gasteiger partial charge in [-0.25, -0.2) is 19.9 Å². The predicted octanol–water partition coefficient (Wildman–Crippen LogP) is 2.31. The van der Waals surface area contributed by atoms with Crippen molar-refractivity contribution in [1.29, 1.82) is 0 Å². The molecule has 1 aliphatic rings. The van der Waals surface area contributed by atoms with Gasteiger partial charge in [0.1, 0.15) is 17.3 Å². The minimum Gasteiger partial charge on any atom is -0.383 e. The van der Waals surface area contributed by atoms with Crippen LogP contribution in [0.15, 0.2) is 12.3 Å². The molecule has 1 aliphatic carbocycles. The van der Waals surface area contributed by atoms with Gasteiger partial charge in [0.05, 0.1) is 9.26 Å². The Morgan fingerprint density at radius 1 is 1.28 bits per heavy atom. The van der Waals surface area contributed by atoms with Crippen LogP contribution in [-0.4, -0.2) is 19.9 Å². The fourth-order valence-electron chi connectivity index (χ4n) is 1.81. The van der Waals surface area contributed by atoms with E-state index in [4.69, 9.17) is 5.73 Å². The molecule has 1 saturated carbocycles. The smallest absolute Gasteiger partial charge is 0.180 e. The second-order valence-electron chi connectivity index (χ2n) is 4.40. The number of nitrogen functional groups attached to an aromatic ring is 1. The van der Waals surface area contributed by atoms with Crippen molar-refractivity contribution in [3.8, 4) is 11.5 Å². The minimum atomic E-state index is 0.541. The van der Waals surface area contributed by atoms with Gasteiger partial charge in [-0.2, -0.15) is 0 Å². The number of hydrogen-bond acceptors (Lipinski definition) is 5. The average Bonchev–Trinajstić information content (AvgIpc) is 3.16. The van der Waals surface area contributed by atoms with Gasteiger partial charge in [-0.15, -0.1) is 0 Å². The van der Waals surface area contributed by atoms with E-state index in [-0.39, 0.29) is 0 Å². The largest absolute Gasteiger partial charge is 0.383 e. The maximum Gasteiger partial charge on any atom is 0.180 e. The van der Waals surface area contributed by atoms with Crippen LogP contribution in [0.3, 0.4) is 0 Å². The van der Waals surface area contributed by atoms with Crippen LogP contribution in [0.1, 0.15) is 30.3 Å². The van der Waals surface area contributed by atoms with Gasteiger partial charge in [-0.1, -0.05) is 0 Å². The molecule has 92 valence electrons. The van der Waals surface area contributed by atoms with Crippen LogP contribution in [0.2, 0.25) is 0 Å². The van der Waals surface area contributed by atoms with Gasteiger partial charge in [-0.05, 0) is 48.4 Å². The van der Waals surface area contributed by atoms with Crippen LogP contribution >= 0.6 is 22.6 Å². The van der Waals surface area contributed by atoms with Crippen LogP contribution in [0.25, 0.3) is 11.5 Å². The molecule has 0 amide bonds. The van der Waals surface area contributed by atoms with Gasteiger partial charge in [0.25, 0.3) is 0 Å². The van der Waals surface area contributed by atoms with E-state index in [0.717, 1.165) is 15.0 Å². The van der Waals surface area contributed by atoms with Crippen molar-refractivity contribution >= 4 is 28.4 Å². The minimum absolute atomic E-state index is 0.541. The zero-order valence-corrected chi connectivity index (χ0v) is 12.0. The van der Waals surface area contributed by atoms with E-state index >= 15 is 0 Å². The Bertz CT molecular complexity index is 609. The van der Waals surface area contributed by atoms with Crippen molar-refractivity contribution in [2.45, 2.75) is 25.7 Å². The first-order valence-electron chi connectivity index (χ1n) is 5.78. The number of aromatic nitrogens is 4. The van der Waals surface area contributed by atoms with E-state index in [1.54, 1.807) is 6.20 Å². The lowest BCUT2D eigenvalue weighted by molar-refractivity contribution is 0.965. The van der Waals surface area contributed by atoms with Crippen molar-refractivity contribution in [2.75, 3.05) is 5.73 Å². The van der Waals surface area contributed by atoms with E-state index in [2.05, 4.69) is 42.5 Å². The summed E-state index contributed by atoms with van der Waals surface area (Å²) >= 11 is 2.22. The predicted molar refractivity (Wildman–Crippen MR) is 76.9 cm³/mol. The molecule has 5 nitrogen and oxygen atoms in total. The second kappa shape index (κ2) is 4.42. The lowest BCUT2D eigenvalue weighted by Crippen LogP contribution is -2.05. The summed E-state index contributed by atoms with van der Waals surface area (Å²) in [5.74, 6) is 2.39.